The Kier molecular flexibility index (Phi) is 4.77. The molecule has 1 aromatic heterocycles. The molecule has 1 N–H and O–H groups in total. The van der Waals surface area contributed by atoms with E-state index in [1.54, 1.807) is 11.0 Å². The third kappa shape index (κ3) is 3.68. The SMILES string of the molecule is O=C(NCCN1CCCC1=O)c1ccc(CN2CCCC2)o1. The standard InChI is InChI=1S/C16H23N3O3/c20-15-4-3-10-19(15)11-7-17-16(21)14-6-5-13(22-14)12-18-8-1-2-9-18/h5-6H,1-4,7-12H2,(H,17,21). The van der Waals surface area contributed by atoms with E-state index in [1.165, 1.54) is 12.8 Å². The number of likely N-dealkylation sites (tertiary alicyclic amines) is 2. The van der Waals surface area contributed by atoms with E-state index in [9.17, 15) is 9.59 Å². The highest BCUT2D eigenvalue weighted by molar-refractivity contribution is 5.91. The summed E-state index contributed by atoms with van der Waals surface area (Å²) in [6.07, 6.45) is 4.03. The van der Waals surface area contributed by atoms with Crippen molar-refractivity contribution in [3.8, 4) is 0 Å². The van der Waals surface area contributed by atoms with Crippen molar-refractivity contribution >= 4 is 11.8 Å². The summed E-state index contributed by atoms with van der Waals surface area (Å²) in [7, 11) is 0. The largest absolute Gasteiger partial charge is 0.455 e. The molecule has 0 unspecified atom stereocenters. The normalized spacial score (nSPS) is 19.1. The van der Waals surface area contributed by atoms with Crippen LogP contribution in [0.2, 0.25) is 0 Å². The van der Waals surface area contributed by atoms with E-state index >= 15 is 0 Å². The van der Waals surface area contributed by atoms with Gasteiger partial charge >= 0.3 is 0 Å². The minimum Gasteiger partial charge on any atom is -0.455 e. The van der Waals surface area contributed by atoms with E-state index in [0.717, 1.165) is 38.4 Å². The van der Waals surface area contributed by atoms with Gasteiger partial charge in [0.25, 0.3) is 5.91 Å². The van der Waals surface area contributed by atoms with Crippen LogP contribution in [-0.2, 0) is 11.3 Å². The van der Waals surface area contributed by atoms with Crippen LogP contribution < -0.4 is 5.32 Å². The van der Waals surface area contributed by atoms with Gasteiger partial charge in [-0.3, -0.25) is 14.5 Å². The quantitative estimate of drug-likeness (QED) is 0.858. The second-order valence-corrected chi connectivity index (χ2v) is 5.99. The minimum absolute atomic E-state index is 0.181. The number of amides is 2. The Bertz CT molecular complexity index is 534. The van der Waals surface area contributed by atoms with Gasteiger partial charge in [0.15, 0.2) is 5.76 Å². The summed E-state index contributed by atoms with van der Waals surface area (Å²) in [6.45, 7) is 4.82. The van der Waals surface area contributed by atoms with Crippen LogP contribution in [0.25, 0.3) is 0 Å². The van der Waals surface area contributed by atoms with Crippen molar-refractivity contribution in [2.24, 2.45) is 0 Å². The third-order valence-corrected chi connectivity index (χ3v) is 4.30. The molecular weight excluding hydrogens is 282 g/mol. The van der Waals surface area contributed by atoms with Gasteiger partial charge < -0.3 is 14.6 Å². The molecule has 0 spiro atoms. The number of nitrogens with one attached hydrogen (secondary N) is 1. The number of nitrogens with zero attached hydrogens (tertiary/aromatic N) is 2. The monoisotopic (exact) mass is 305 g/mol. The fourth-order valence-corrected chi connectivity index (χ4v) is 3.08. The Morgan fingerprint density at radius 1 is 1.18 bits per heavy atom. The summed E-state index contributed by atoms with van der Waals surface area (Å²) in [5.74, 6) is 1.16. The highest BCUT2D eigenvalue weighted by Crippen LogP contribution is 2.15. The van der Waals surface area contributed by atoms with Crippen LogP contribution in [0.1, 0.15) is 42.0 Å². The molecule has 0 aromatic carbocycles. The molecule has 2 fully saturated rings. The van der Waals surface area contributed by atoms with E-state index in [0.29, 0.717) is 25.3 Å². The zero-order valence-corrected chi connectivity index (χ0v) is 12.8. The second-order valence-electron chi connectivity index (χ2n) is 5.99. The molecule has 0 radical (unpaired) electrons. The van der Waals surface area contributed by atoms with Crippen molar-refractivity contribution in [2.45, 2.75) is 32.2 Å². The van der Waals surface area contributed by atoms with Gasteiger partial charge in [0.1, 0.15) is 5.76 Å². The summed E-state index contributed by atoms with van der Waals surface area (Å²) in [5.41, 5.74) is 0. The summed E-state index contributed by atoms with van der Waals surface area (Å²) in [6, 6.07) is 3.60. The Morgan fingerprint density at radius 2 is 2.00 bits per heavy atom. The van der Waals surface area contributed by atoms with Crippen molar-refractivity contribution in [3.05, 3.63) is 23.7 Å². The first-order chi connectivity index (χ1) is 10.7. The minimum atomic E-state index is -0.209. The maximum atomic E-state index is 12.0. The highest BCUT2D eigenvalue weighted by Gasteiger charge is 2.20. The molecule has 3 heterocycles. The fraction of sp³-hybridized carbons (Fsp3) is 0.625. The molecular formula is C16H23N3O3. The van der Waals surface area contributed by atoms with Crippen molar-refractivity contribution in [1.29, 1.82) is 0 Å². The molecule has 2 aliphatic rings. The summed E-state index contributed by atoms with van der Waals surface area (Å²) < 4.78 is 5.62. The molecule has 2 saturated heterocycles. The van der Waals surface area contributed by atoms with Crippen LogP contribution in [-0.4, -0.2) is 54.3 Å². The predicted molar refractivity (Wildman–Crippen MR) is 81.4 cm³/mol. The molecule has 0 atom stereocenters. The van der Waals surface area contributed by atoms with Crippen molar-refractivity contribution in [1.82, 2.24) is 15.1 Å². The topological polar surface area (TPSA) is 65.8 Å². The maximum absolute atomic E-state index is 12.0. The van der Waals surface area contributed by atoms with Gasteiger partial charge in [-0.2, -0.15) is 0 Å². The fourth-order valence-electron chi connectivity index (χ4n) is 3.08. The van der Waals surface area contributed by atoms with Crippen LogP contribution in [0.15, 0.2) is 16.5 Å². The van der Waals surface area contributed by atoms with E-state index < -0.39 is 0 Å². The molecule has 6 heteroatoms. The van der Waals surface area contributed by atoms with Gasteiger partial charge in [0.05, 0.1) is 6.54 Å². The summed E-state index contributed by atoms with van der Waals surface area (Å²) in [5, 5.41) is 2.81. The number of carbonyl (C=O) groups is 2. The highest BCUT2D eigenvalue weighted by atomic mass is 16.4. The molecule has 120 valence electrons. The first-order valence-corrected chi connectivity index (χ1v) is 8.09. The molecule has 0 bridgehead atoms. The van der Waals surface area contributed by atoms with Crippen LogP contribution >= 0.6 is 0 Å². The van der Waals surface area contributed by atoms with Gasteiger partial charge in [-0.15, -0.1) is 0 Å². The van der Waals surface area contributed by atoms with Crippen LogP contribution in [0.5, 0.6) is 0 Å². The molecule has 2 amide bonds. The van der Waals surface area contributed by atoms with Gasteiger partial charge in [0.2, 0.25) is 5.91 Å². The number of hydrogen-bond acceptors (Lipinski definition) is 4. The zero-order chi connectivity index (χ0) is 15.4. The van der Waals surface area contributed by atoms with Crippen LogP contribution in [0.4, 0.5) is 0 Å². The Hall–Kier alpha value is -1.82. The molecule has 22 heavy (non-hydrogen) atoms. The number of rotatable bonds is 6. The summed E-state index contributed by atoms with van der Waals surface area (Å²) >= 11 is 0. The smallest absolute Gasteiger partial charge is 0.287 e. The lowest BCUT2D eigenvalue weighted by atomic mass is 10.4. The molecule has 3 rings (SSSR count). The van der Waals surface area contributed by atoms with Gasteiger partial charge in [0, 0.05) is 26.1 Å². The maximum Gasteiger partial charge on any atom is 0.287 e. The van der Waals surface area contributed by atoms with Gasteiger partial charge in [-0.1, -0.05) is 0 Å². The molecule has 6 nitrogen and oxygen atoms in total. The Balaban J connectivity index is 1.43. The van der Waals surface area contributed by atoms with Crippen LogP contribution in [0, 0.1) is 0 Å². The lowest BCUT2D eigenvalue weighted by Crippen LogP contribution is -2.35. The number of furan rings is 1. The first-order valence-electron chi connectivity index (χ1n) is 8.09. The molecule has 1 aromatic rings. The Labute approximate surface area is 130 Å². The van der Waals surface area contributed by atoms with E-state index in [4.69, 9.17) is 4.42 Å². The van der Waals surface area contributed by atoms with Crippen molar-refractivity contribution in [2.75, 3.05) is 32.7 Å². The van der Waals surface area contributed by atoms with Gasteiger partial charge in [-0.05, 0) is 44.5 Å². The molecule has 2 aliphatic heterocycles. The second kappa shape index (κ2) is 6.96. The Morgan fingerprint density at radius 3 is 2.73 bits per heavy atom. The number of carbonyl (C=O) groups excluding carboxylic acids is 2. The molecule has 0 aliphatic carbocycles. The zero-order valence-electron chi connectivity index (χ0n) is 12.8. The van der Waals surface area contributed by atoms with E-state index in [-0.39, 0.29) is 11.8 Å². The van der Waals surface area contributed by atoms with E-state index in [1.807, 2.05) is 6.07 Å². The van der Waals surface area contributed by atoms with Crippen molar-refractivity contribution < 1.29 is 14.0 Å². The number of hydrogen-bond donors (Lipinski definition) is 1. The third-order valence-electron chi connectivity index (χ3n) is 4.30. The summed E-state index contributed by atoms with van der Waals surface area (Å²) in [4.78, 5) is 27.6. The predicted octanol–water partition coefficient (Wildman–Crippen LogP) is 1.23. The lowest BCUT2D eigenvalue weighted by Gasteiger charge is -2.15. The van der Waals surface area contributed by atoms with E-state index in [2.05, 4.69) is 10.2 Å². The van der Waals surface area contributed by atoms with Crippen molar-refractivity contribution in [3.63, 3.8) is 0 Å². The first kappa shape index (κ1) is 15.1. The lowest BCUT2D eigenvalue weighted by molar-refractivity contribution is -0.127. The van der Waals surface area contributed by atoms with Crippen LogP contribution in [0.3, 0.4) is 0 Å². The molecule has 0 saturated carbocycles. The van der Waals surface area contributed by atoms with Gasteiger partial charge in [-0.25, -0.2) is 0 Å². The average Bonchev–Trinajstić information content (AvgIpc) is 3.23. The average molecular weight is 305 g/mol.